The van der Waals surface area contributed by atoms with E-state index in [-0.39, 0.29) is 23.9 Å². The SMILES string of the molecule is N#Cc1c(-c2ccccc2)cc(-c2ccccc2)nc1SCC(=O)N(Cc1cccs1)c1cccc([N+](=O)[O-])c1. The fraction of sp³-hybridized carbons (Fsp3) is 0.0645. The van der Waals surface area contributed by atoms with Crippen LogP contribution >= 0.6 is 23.1 Å². The van der Waals surface area contributed by atoms with Gasteiger partial charge in [-0.2, -0.15) is 5.26 Å². The van der Waals surface area contributed by atoms with Gasteiger partial charge in [0.1, 0.15) is 11.1 Å². The van der Waals surface area contributed by atoms with E-state index in [1.807, 2.05) is 84.2 Å². The van der Waals surface area contributed by atoms with E-state index in [1.54, 1.807) is 12.1 Å². The van der Waals surface area contributed by atoms with Crippen LogP contribution in [0.15, 0.2) is 114 Å². The van der Waals surface area contributed by atoms with Crippen LogP contribution < -0.4 is 4.90 Å². The Morgan fingerprint density at radius 3 is 2.33 bits per heavy atom. The zero-order chi connectivity index (χ0) is 27.9. The van der Waals surface area contributed by atoms with Crippen molar-refractivity contribution in [1.82, 2.24) is 4.98 Å². The first-order valence-electron chi connectivity index (χ1n) is 12.3. The van der Waals surface area contributed by atoms with Crippen molar-refractivity contribution in [2.45, 2.75) is 11.6 Å². The van der Waals surface area contributed by atoms with Crippen molar-refractivity contribution in [3.05, 3.63) is 129 Å². The summed E-state index contributed by atoms with van der Waals surface area (Å²) in [6.07, 6.45) is 0. The summed E-state index contributed by atoms with van der Waals surface area (Å²) in [5.41, 5.74) is 3.94. The molecular formula is C31H22N4O3S2. The summed E-state index contributed by atoms with van der Waals surface area (Å²) in [4.78, 5) is 31.9. The van der Waals surface area contributed by atoms with E-state index in [2.05, 4.69) is 6.07 Å². The highest BCUT2D eigenvalue weighted by Gasteiger charge is 2.22. The number of non-ortho nitro benzene ring substituents is 1. The van der Waals surface area contributed by atoms with Crippen molar-refractivity contribution in [2.75, 3.05) is 10.7 Å². The molecule has 40 heavy (non-hydrogen) atoms. The van der Waals surface area contributed by atoms with Crippen LogP contribution in [0.1, 0.15) is 10.4 Å². The molecule has 2 aromatic heterocycles. The molecule has 0 aliphatic heterocycles. The number of nitriles is 1. The number of amides is 1. The van der Waals surface area contributed by atoms with Crippen LogP contribution in [0.5, 0.6) is 0 Å². The van der Waals surface area contributed by atoms with E-state index in [9.17, 15) is 20.2 Å². The van der Waals surface area contributed by atoms with E-state index in [0.717, 1.165) is 21.6 Å². The predicted molar refractivity (Wildman–Crippen MR) is 159 cm³/mol. The number of nitro groups is 1. The van der Waals surface area contributed by atoms with Crippen LogP contribution in [0, 0.1) is 21.4 Å². The normalized spacial score (nSPS) is 10.6. The molecule has 0 saturated carbocycles. The number of hydrogen-bond acceptors (Lipinski definition) is 7. The molecule has 0 unspecified atom stereocenters. The summed E-state index contributed by atoms with van der Waals surface area (Å²) in [7, 11) is 0. The molecule has 0 fully saturated rings. The standard InChI is InChI=1S/C31H22N4O3S2/c32-19-28-27(22-9-3-1-4-10-22)18-29(23-11-5-2-6-12-23)33-31(28)40-21-30(36)34(20-26-15-8-16-39-26)24-13-7-14-25(17-24)35(37)38/h1-18H,20-21H2. The van der Waals surface area contributed by atoms with Crippen LogP contribution in [0.3, 0.4) is 0 Å². The van der Waals surface area contributed by atoms with Gasteiger partial charge in [0.25, 0.3) is 5.69 Å². The number of benzene rings is 3. The largest absolute Gasteiger partial charge is 0.306 e. The van der Waals surface area contributed by atoms with Crippen LogP contribution in [-0.4, -0.2) is 21.6 Å². The van der Waals surface area contributed by atoms with Gasteiger partial charge in [-0.05, 0) is 29.1 Å². The Balaban J connectivity index is 1.51. The van der Waals surface area contributed by atoms with Gasteiger partial charge >= 0.3 is 0 Å². The number of carbonyl (C=O) groups excluding carboxylic acids is 1. The van der Waals surface area contributed by atoms with Gasteiger partial charge in [0.15, 0.2) is 0 Å². The maximum atomic E-state index is 13.7. The zero-order valence-electron chi connectivity index (χ0n) is 21.1. The first kappa shape index (κ1) is 26.8. The van der Waals surface area contributed by atoms with Crippen molar-refractivity contribution in [1.29, 1.82) is 5.26 Å². The van der Waals surface area contributed by atoms with Gasteiger partial charge in [-0.3, -0.25) is 14.9 Å². The summed E-state index contributed by atoms with van der Waals surface area (Å²) in [6.45, 7) is 0.274. The molecule has 2 heterocycles. The van der Waals surface area contributed by atoms with Crippen molar-refractivity contribution in [3.63, 3.8) is 0 Å². The molecule has 5 rings (SSSR count). The predicted octanol–water partition coefficient (Wildman–Crippen LogP) is 7.58. The Labute approximate surface area is 239 Å². The molecule has 0 aliphatic carbocycles. The monoisotopic (exact) mass is 562 g/mol. The quantitative estimate of drug-likeness (QED) is 0.104. The summed E-state index contributed by atoms with van der Waals surface area (Å²) < 4.78 is 0. The topological polar surface area (TPSA) is 100 Å². The molecule has 0 bridgehead atoms. The molecule has 3 aromatic carbocycles. The summed E-state index contributed by atoms with van der Waals surface area (Å²) in [5, 5.41) is 23.9. The van der Waals surface area contributed by atoms with E-state index < -0.39 is 4.92 Å². The lowest BCUT2D eigenvalue weighted by molar-refractivity contribution is -0.384. The number of rotatable bonds is 9. The van der Waals surface area contributed by atoms with Crippen LogP contribution in [-0.2, 0) is 11.3 Å². The summed E-state index contributed by atoms with van der Waals surface area (Å²) in [5.74, 6) is -0.265. The van der Waals surface area contributed by atoms with E-state index in [0.29, 0.717) is 22.0 Å². The Morgan fingerprint density at radius 1 is 0.950 bits per heavy atom. The molecule has 196 valence electrons. The minimum atomic E-state index is -0.477. The minimum absolute atomic E-state index is 0.0117. The lowest BCUT2D eigenvalue weighted by atomic mass is 9.99. The molecule has 0 N–H and O–H groups in total. The van der Waals surface area contributed by atoms with Gasteiger partial charge in [-0.1, -0.05) is 84.6 Å². The molecule has 0 saturated heterocycles. The smallest absolute Gasteiger partial charge is 0.271 e. The highest BCUT2D eigenvalue weighted by Crippen LogP contribution is 2.35. The van der Waals surface area contributed by atoms with Crippen molar-refractivity contribution in [2.24, 2.45) is 0 Å². The first-order chi connectivity index (χ1) is 19.5. The number of aromatic nitrogens is 1. The molecule has 0 spiro atoms. The Kier molecular flexibility index (Phi) is 8.30. The van der Waals surface area contributed by atoms with Gasteiger partial charge in [-0.25, -0.2) is 4.98 Å². The zero-order valence-corrected chi connectivity index (χ0v) is 22.8. The Bertz CT molecular complexity index is 1690. The minimum Gasteiger partial charge on any atom is -0.306 e. The fourth-order valence-electron chi connectivity index (χ4n) is 4.20. The number of nitro benzene ring substituents is 1. The highest BCUT2D eigenvalue weighted by molar-refractivity contribution is 8.00. The van der Waals surface area contributed by atoms with Gasteiger partial charge in [0, 0.05) is 28.1 Å². The third kappa shape index (κ3) is 6.10. The molecule has 1 amide bonds. The van der Waals surface area contributed by atoms with Crippen LogP contribution in [0.2, 0.25) is 0 Å². The van der Waals surface area contributed by atoms with E-state index in [1.165, 1.54) is 40.1 Å². The van der Waals surface area contributed by atoms with Crippen molar-refractivity contribution in [3.8, 4) is 28.5 Å². The second-order valence-corrected chi connectivity index (χ2v) is 10.7. The Hall–Kier alpha value is -4.78. The van der Waals surface area contributed by atoms with Crippen LogP contribution in [0.4, 0.5) is 11.4 Å². The third-order valence-corrected chi connectivity index (χ3v) is 7.95. The molecule has 5 aromatic rings. The maximum absolute atomic E-state index is 13.7. The number of nitrogens with zero attached hydrogens (tertiary/aromatic N) is 4. The van der Waals surface area contributed by atoms with Gasteiger partial charge < -0.3 is 4.90 Å². The fourth-order valence-corrected chi connectivity index (χ4v) is 5.77. The van der Waals surface area contributed by atoms with Crippen molar-refractivity contribution >= 4 is 40.4 Å². The summed E-state index contributed by atoms with van der Waals surface area (Å²) >= 11 is 2.69. The molecule has 0 radical (unpaired) electrons. The molecule has 7 nitrogen and oxygen atoms in total. The number of anilines is 1. The lowest BCUT2D eigenvalue weighted by Gasteiger charge is -2.22. The number of thiophene rings is 1. The van der Waals surface area contributed by atoms with Crippen molar-refractivity contribution < 1.29 is 9.72 Å². The Morgan fingerprint density at radius 2 is 1.68 bits per heavy atom. The van der Waals surface area contributed by atoms with Gasteiger partial charge in [0.05, 0.1) is 34.2 Å². The van der Waals surface area contributed by atoms with Gasteiger partial charge in [0.2, 0.25) is 5.91 Å². The van der Waals surface area contributed by atoms with Crippen LogP contribution in [0.25, 0.3) is 22.4 Å². The lowest BCUT2D eigenvalue weighted by Crippen LogP contribution is -2.31. The molecule has 0 aliphatic rings. The third-order valence-electron chi connectivity index (χ3n) is 6.13. The molecule has 0 atom stereocenters. The molecular weight excluding hydrogens is 541 g/mol. The van der Waals surface area contributed by atoms with E-state index >= 15 is 0 Å². The second kappa shape index (κ2) is 12.4. The molecule has 9 heteroatoms. The first-order valence-corrected chi connectivity index (χ1v) is 14.2. The number of carbonyl (C=O) groups is 1. The number of pyridine rings is 1. The second-order valence-electron chi connectivity index (χ2n) is 8.70. The van der Waals surface area contributed by atoms with E-state index in [4.69, 9.17) is 4.98 Å². The average molecular weight is 563 g/mol. The summed E-state index contributed by atoms with van der Waals surface area (Å²) in [6, 6.07) is 33.4. The maximum Gasteiger partial charge on any atom is 0.271 e. The van der Waals surface area contributed by atoms with Gasteiger partial charge in [-0.15, -0.1) is 11.3 Å². The number of hydrogen-bond donors (Lipinski definition) is 0. The highest BCUT2D eigenvalue weighted by atomic mass is 32.2. The number of thioether (sulfide) groups is 1. The average Bonchev–Trinajstić information content (AvgIpc) is 3.52.